The molecule has 0 fully saturated rings. The summed E-state index contributed by atoms with van der Waals surface area (Å²) in [6, 6.07) is 0. The van der Waals surface area contributed by atoms with Crippen LogP contribution in [0.4, 0.5) is 0 Å². The molecular formula is C4H8Cl3O+. The Morgan fingerprint density at radius 2 is 1.25 bits per heavy atom. The molecule has 2 N–H and O–H groups in total. The molecule has 0 aliphatic rings. The molecule has 0 rings (SSSR count). The van der Waals surface area contributed by atoms with Crippen molar-refractivity contribution >= 4 is 34.8 Å². The molecule has 0 bridgehead atoms. The molecule has 0 aliphatic heterocycles. The molecule has 8 heavy (non-hydrogen) atoms. The highest BCUT2D eigenvalue weighted by molar-refractivity contribution is 6.68. The monoisotopic (exact) mass is 177 g/mol. The smallest absolute Gasteiger partial charge is 0.263 e. The first kappa shape index (κ1) is 8.83. The van der Waals surface area contributed by atoms with E-state index in [0.717, 1.165) is 0 Å². The van der Waals surface area contributed by atoms with Crippen molar-refractivity contribution in [3.8, 4) is 0 Å². The fraction of sp³-hybridized carbons (Fsp3) is 1.00. The Kier molecular flexibility index (Phi) is 2.45. The second-order valence-electron chi connectivity index (χ2n) is 2.12. The van der Waals surface area contributed by atoms with Gasteiger partial charge in [-0.2, -0.15) is 0 Å². The van der Waals surface area contributed by atoms with Crippen LogP contribution in [0, 0.1) is 0 Å². The SMILES string of the molecule is CC(C)([OH2+])C(Cl)(Cl)Cl. The molecule has 0 aromatic carbocycles. The maximum absolute atomic E-state index is 7.19. The van der Waals surface area contributed by atoms with Gasteiger partial charge in [0.2, 0.25) is 5.60 Å². The van der Waals surface area contributed by atoms with Crippen LogP contribution in [-0.2, 0) is 0 Å². The van der Waals surface area contributed by atoms with Crippen molar-refractivity contribution in [3.63, 3.8) is 0 Å². The minimum absolute atomic E-state index is 1.02. The van der Waals surface area contributed by atoms with Crippen LogP contribution in [0.25, 0.3) is 0 Å². The number of alkyl halides is 3. The zero-order chi connectivity index (χ0) is 7.00. The average molecular weight is 178 g/mol. The summed E-state index contributed by atoms with van der Waals surface area (Å²) in [5.41, 5.74) is -1.02. The zero-order valence-corrected chi connectivity index (χ0v) is 6.90. The van der Waals surface area contributed by atoms with Gasteiger partial charge in [0, 0.05) is 13.8 Å². The van der Waals surface area contributed by atoms with E-state index in [1.165, 1.54) is 0 Å². The number of hydrogen-bond donors (Lipinski definition) is 0. The lowest BCUT2D eigenvalue weighted by atomic mass is 10.2. The van der Waals surface area contributed by atoms with E-state index >= 15 is 0 Å². The molecule has 0 radical (unpaired) electrons. The van der Waals surface area contributed by atoms with Gasteiger partial charge >= 0.3 is 0 Å². The Bertz CT molecular complexity index is 66.3. The largest absolute Gasteiger partial charge is 0.438 e. The molecular weight excluding hydrogens is 170 g/mol. The Morgan fingerprint density at radius 3 is 1.25 bits per heavy atom. The molecule has 0 spiro atoms. The van der Waals surface area contributed by atoms with Crippen molar-refractivity contribution in [2.45, 2.75) is 23.2 Å². The van der Waals surface area contributed by atoms with Crippen LogP contribution in [0.2, 0.25) is 0 Å². The van der Waals surface area contributed by atoms with Crippen LogP contribution >= 0.6 is 34.8 Å². The highest BCUT2D eigenvalue weighted by atomic mass is 35.6. The van der Waals surface area contributed by atoms with E-state index in [1.807, 2.05) is 0 Å². The van der Waals surface area contributed by atoms with E-state index in [2.05, 4.69) is 0 Å². The third-order valence-electron chi connectivity index (χ3n) is 0.709. The standard InChI is InChI=1S/C4H7Cl3O/c1-3(2,8)4(5,6)7/h8H,1-2H3/p+1. The van der Waals surface area contributed by atoms with Gasteiger partial charge in [-0.15, -0.1) is 0 Å². The van der Waals surface area contributed by atoms with E-state index in [4.69, 9.17) is 39.9 Å². The molecule has 0 aliphatic carbocycles. The quantitative estimate of drug-likeness (QED) is 0.399. The van der Waals surface area contributed by atoms with Gasteiger partial charge in [0.15, 0.2) is 0 Å². The first-order chi connectivity index (χ1) is 3.25. The second-order valence-corrected chi connectivity index (χ2v) is 4.40. The van der Waals surface area contributed by atoms with Gasteiger partial charge in [0.05, 0.1) is 0 Å². The molecule has 1 nitrogen and oxygen atoms in total. The minimum atomic E-state index is -1.48. The molecule has 0 amide bonds. The molecule has 0 aromatic rings. The van der Waals surface area contributed by atoms with Gasteiger partial charge in [-0.1, -0.05) is 34.8 Å². The molecule has 0 aromatic heterocycles. The molecule has 0 saturated heterocycles. The Hall–Kier alpha value is 0.830. The topological polar surface area (TPSA) is 22.9 Å². The van der Waals surface area contributed by atoms with Crippen molar-refractivity contribution < 1.29 is 5.11 Å². The van der Waals surface area contributed by atoms with Gasteiger partial charge in [-0.3, -0.25) is 0 Å². The fourth-order valence-electron chi connectivity index (χ4n) is 0. The van der Waals surface area contributed by atoms with E-state index in [0.29, 0.717) is 0 Å². The number of halogens is 3. The van der Waals surface area contributed by atoms with Crippen LogP contribution in [0.15, 0.2) is 0 Å². The van der Waals surface area contributed by atoms with Crippen molar-refractivity contribution in [1.29, 1.82) is 0 Å². The van der Waals surface area contributed by atoms with E-state index in [-0.39, 0.29) is 0 Å². The van der Waals surface area contributed by atoms with Crippen molar-refractivity contribution in [2.24, 2.45) is 0 Å². The fourth-order valence-corrected chi connectivity index (χ4v) is 0. The van der Waals surface area contributed by atoms with Crippen molar-refractivity contribution in [2.75, 3.05) is 0 Å². The predicted molar refractivity (Wildman–Crippen MR) is 38.0 cm³/mol. The second kappa shape index (κ2) is 2.22. The first-order valence-electron chi connectivity index (χ1n) is 2.07. The zero-order valence-electron chi connectivity index (χ0n) is 4.63. The maximum Gasteiger partial charge on any atom is 0.263 e. The average Bonchev–Trinajstić information content (AvgIpc) is 1.25. The summed E-state index contributed by atoms with van der Waals surface area (Å²) in [6.07, 6.45) is 0. The summed E-state index contributed by atoms with van der Waals surface area (Å²) in [4.78, 5) is 0. The molecule has 50 valence electrons. The minimum Gasteiger partial charge on any atom is -0.438 e. The van der Waals surface area contributed by atoms with Gasteiger partial charge in [0.1, 0.15) is 0 Å². The summed E-state index contributed by atoms with van der Waals surface area (Å²) in [6.45, 7) is 3.08. The molecule has 4 heteroatoms. The van der Waals surface area contributed by atoms with E-state index in [9.17, 15) is 0 Å². The van der Waals surface area contributed by atoms with E-state index in [1.54, 1.807) is 13.8 Å². The van der Waals surface area contributed by atoms with Crippen LogP contribution in [0.3, 0.4) is 0 Å². The number of hydrogen-bond acceptors (Lipinski definition) is 0. The molecule has 0 heterocycles. The molecule has 0 saturated carbocycles. The lowest BCUT2D eigenvalue weighted by molar-refractivity contribution is 0.0847. The van der Waals surface area contributed by atoms with Crippen molar-refractivity contribution in [3.05, 3.63) is 0 Å². The Morgan fingerprint density at radius 1 is 1.12 bits per heavy atom. The summed E-state index contributed by atoms with van der Waals surface area (Å²) < 4.78 is -1.48. The van der Waals surface area contributed by atoms with Gasteiger partial charge in [0.25, 0.3) is 3.79 Å². The highest BCUT2D eigenvalue weighted by Gasteiger charge is 2.43. The van der Waals surface area contributed by atoms with Gasteiger partial charge < -0.3 is 5.11 Å². The van der Waals surface area contributed by atoms with Crippen LogP contribution in [-0.4, -0.2) is 14.5 Å². The third kappa shape index (κ3) is 2.40. The Labute approximate surface area is 63.5 Å². The maximum atomic E-state index is 7.19. The lowest BCUT2D eigenvalue weighted by Crippen LogP contribution is -2.35. The third-order valence-corrected chi connectivity index (χ3v) is 2.13. The predicted octanol–water partition coefficient (Wildman–Crippen LogP) is 1.86. The Balaban J connectivity index is 4.02. The van der Waals surface area contributed by atoms with Gasteiger partial charge in [-0.05, 0) is 0 Å². The summed E-state index contributed by atoms with van der Waals surface area (Å²) >= 11 is 16.1. The van der Waals surface area contributed by atoms with Gasteiger partial charge in [-0.25, -0.2) is 0 Å². The lowest BCUT2D eigenvalue weighted by Gasteiger charge is -2.20. The highest BCUT2D eigenvalue weighted by Crippen LogP contribution is 2.37. The van der Waals surface area contributed by atoms with E-state index < -0.39 is 9.39 Å². The van der Waals surface area contributed by atoms with Crippen LogP contribution in [0.1, 0.15) is 13.8 Å². The molecule has 0 unspecified atom stereocenters. The van der Waals surface area contributed by atoms with Crippen LogP contribution in [0.5, 0.6) is 0 Å². The summed E-state index contributed by atoms with van der Waals surface area (Å²) in [5, 5.41) is 7.19. The number of rotatable bonds is 0. The van der Waals surface area contributed by atoms with Crippen LogP contribution < -0.4 is 0 Å². The normalized spacial score (nSPS) is 14.2. The molecule has 0 atom stereocenters. The van der Waals surface area contributed by atoms with Crippen molar-refractivity contribution in [1.82, 2.24) is 0 Å². The summed E-state index contributed by atoms with van der Waals surface area (Å²) in [7, 11) is 0. The first-order valence-corrected chi connectivity index (χ1v) is 3.20. The summed E-state index contributed by atoms with van der Waals surface area (Å²) in [5.74, 6) is 0.